The normalized spacial score (nSPS) is 26.2. The fraction of sp³-hybridized carbons (Fsp3) is 0.846. The van der Waals surface area contributed by atoms with Gasteiger partial charge in [0, 0.05) is 39.2 Å². The predicted octanol–water partition coefficient (Wildman–Crippen LogP) is 0.714. The topological polar surface area (TPSA) is 66.1 Å². The third kappa shape index (κ3) is 2.60. The van der Waals surface area contributed by atoms with E-state index in [1.165, 1.54) is 6.42 Å². The molecule has 0 aromatic carbocycles. The minimum absolute atomic E-state index is 0.00749. The zero-order chi connectivity index (χ0) is 13.3. The number of H-pyrrole nitrogens is 1. The lowest BCUT2D eigenvalue weighted by atomic mass is 9.77. The van der Waals surface area contributed by atoms with Crippen molar-refractivity contribution in [3.8, 4) is 0 Å². The number of nitrogens with zero attached hydrogens (tertiary/aromatic N) is 3. The molecule has 2 N–H and O–H groups in total. The van der Waals surface area contributed by atoms with Gasteiger partial charge in [-0.3, -0.25) is 5.10 Å². The first-order chi connectivity index (χ1) is 9.21. The van der Waals surface area contributed by atoms with Crippen LogP contribution in [0, 0.1) is 0 Å². The molecule has 2 heterocycles. The fourth-order valence-electron chi connectivity index (χ4n) is 2.95. The number of methoxy groups -OCH3 is 1. The molecule has 6 nitrogen and oxygen atoms in total. The maximum absolute atomic E-state index is 5.64. The number of hydrogen-bond donors (Lipinski definition) is 2. The molecule has 0 radical (unpaired) electrons. The molecule has 0 amide bonds. The Labute approximate surface area is 113 Å². The lowest BCUT2D eigenvalue weighted by Crippen LogP contribution is -2.49. The Hall–Kier alpha value is -1.14. The molecule has 6 heteroatoms. The van der Waals surface area contributed by atoms with Crippen LogP contribution in [-0.4, -0.2) is 53.6 Å². The molecule has 1 aliphatic carbocycles. The number of ether oxygens (including phenoxy) is 1. The van der Waals surface area contributed by atoms with E-state index in [9.17, 15) is 0 Å². The molecule has 0 unspecified atom stereocenters. The summed E-state index contributed by atoms with van der Waals surface area (Å²) in [5.74, 6) is 1.77. The molecule has 106 valence electrons. The molecule has 1 atom stereocenters. The van der Waals surface area contributed by atoms with Crippen molar-refractivity contribution < 1.29 is 4.74 Å². The summed E-state index contributed by atoms with van der Waals surface area (Å²) in [5, 5.41) is 10.9. The monoisotopic (exact) mass is 265 g/mol. The number of anilines is 1. The summed E-state index contributed by atoms with van der Waals surface area (Å²) >= 11 is 0. The van der Waals surface area contributed by atoms with E-state index in [4.69, 9.17) is 4.74 Å². The largest absolute Gasteiger partial charge is 0.378 e. The molecule has 3 rings (SSSR count). The van der Waals surface area contributed by atoms with E-state index in [2.05, 4.69) is 32.3 Å². The van der Waals surface area contributed by atoms with Crippen molar-refractivity contribution in [3.63, 3.8) is 0 Å². The summed E-state index contributed by atoms with van der Waals surface area (Å²) in [5.41, 5.74) is 0.00749. The Morgan fingerprint density at radius 3 is 2.95 bits per heavy atom. The van der Waals surface area contributed by atoms with Crippen molar-refractivity contribution in [2.24, 2.45) is 0 Å². The van der Waals surface area contributed by atoms with E-state index >= 15 is 0 Å². The number of aromatic nitrogens is 3. The van der Waals surface area contributed by atoms with E-state index < -0.39 is 0 Å². The molecule has 1 saturated carbocycles. The van der Waals surface area contributed by atoms with E-state index in [0.29, 0.717) is 6.04 Å². The zero-order valence-corrected chi connectivity index (χ0v) is 11.8. The molecule has 1 aromatic heterocycles. The molecular weight excluding hydrogens is 242 g/mol. The lowest BCUT2D eigenvalue weighted by Gasteiger charge is -2.39. The van der Waals surface area contributed by atoms with E-state index in [0.717, 1.165) is 50.7 Å². The van der Waals surface area contributed by atoms with Gasteiger partial charge < -0.3 is 15.0 Å². The summed E-state index contributed by atoms with van der Waals surface area (Å²) in [6.45, 7) is 5.12. The minimum atomic E-state index is 0.00749. The first kappa shape index (κ1) is 12.9. The summed E-state index contributed by atoms with van der Waals surface area (Å²) in [6, 6.07) is 0.493. The number of piperazine rings is 1. The molecule has 1 aromatic rings. The quantitative estimate of drug-likeness (QED) is 0.839. The van der Waals surface area contributed by atoms with Gasteiger partial charge in [-0.05, 0) is 26.2 Å². The summed E-state index contributed by atoms with van der Waals surface area (Å²) in [4.78, 5) is 6.87. The Kier molecular flexibility index (Phi) is 3.45. The van der Waals surface area contributed by atoms with Crippen molar-refractivity contribution in [3.05, 3.63) is 5.82 Å². The third-order valence-corrected chi connectivity index (χ3v) is 4.36. The first-order valence-corrected chi connectivity index (χ1v) is 7.15. The summed E-state index contributed by atoms with van der Waals surface area (Å²) in [7, 11) is 1.80. The van der Waals surface area contributed by atoms with Gasteiger partial charge in [0.2, 0.25) is 5.95 Å². The van der Waals surface area contributed by atoms with Crippen LogP contribution in [0.25, 0.3) is 0 Å². The number of nitrogens with one attached hydrogen (secondary N) is 2. The molecule has 1 saturated heterocycles. The third-order valence-electron chi connectivity index (χ3n) is 4.36. The van der Waals surface area contributed by atoms with Crippen LogP contribution in [0.3, 0.4) is 0 Å². The Morgan fingerprint density at radius 1 is 1.47 bits per heavy atom. The molecular formula is C13H23N5O. The fourth-order valence-corrected chi connectivity index (χ4v) is 2.95. The summed E-state index contributed by atoms with van der Waals surface area (Å²) in [6.07, 6.45) is 4.36. The first-order valence-electron chi connectivity index (χ1n) is 7.15. The SMILES string of the molecule is COC1(Cc2nc(N3CCN[C@@H](C)C3)n[nH]2)CCC1. The molecule has 2 aliphatic rings. The molecule has 2 fully saturated rings. The van der Waals surface area contributed by atoms with Gasteiger partial charge in [0.15, 0.2) is 0 Å². The highest BCUT2D eigenvalue weighted by Gasteiger charge is 2.38. The van der Waals surface area contributed by atoms with Gasteiger partial charge in [-0.25, -0.2) is 0 Å². The maximum atomic E-state index is 5.64. The Morgan fingerprint density at radius 2 is 2.32 bits per heavy atom. The van der Waals surface area contributed by atoms with Gasteiger partial charge in [0.1, 0.15) is 5.82 Å². The highest BCUT2D eigenvalue weighted by atomic mass is 16.5. The predicted molar refractivity (Wildman–Crippen MR) is 73.4 cm³/mol. The van der Waals surface area contributed by atoms with Crippen LogP contribution in [0.15, 0.2) is 0 Å². The van der Waals surface area contributed by atoms with Gasteiger partial charge in [-0.15, -0.1) is 5.10 Å². The zero-order valence-electron chi connectivity index (χ0n) is 11.8. The van der Waals surface area contributed by atoms with Crippen LogP contribution >= 0.6 is 0 Å². The van der Waals surface area contributed by atoms with E-state index in [1.807, 2.05) is 0 Å². The van der Waals surface area contributed by atoms with Crippen LogP contribution in [0.4, 0.5) is 5.95 Å². The smallest absolute Gasteiger partial charge is 0.244 e. The van der Waals surface area contributed by atoms with Crippen molar-refractivity contribution in [1.29, 1.82) is 0 Å². The maximum Gasteiger partial charge on any atom is 0.244 e. The Bertz CT molecular complexity index is 423. The Balaban J connectivity index is 1.65. The number of hydrogen-bond acceptors (Lipinski definition) is 5. The van der Waals surface area contributed by atoms with Crippen LogP contribution in [0.1, 0.15) is 32.0 Å². The van der Waals surface area contributed by atoms with Gasteiger partial charge in [0.05, 0.1) is 5.60 Å². The standard InChI is InChI=1S/C13H23N5O/c1-10-9-18(7-6-14-10)12-15-11(16-17-12)8-13(19-2)4-3-5-13/h10,14H,3-9H2,1-2H3,(H,15,16,17)/t10-/m0/s1. The van der Waals surface area contributed by atoms with Gasteiger partial charge in [-0.1, -0.05) is 0 Å². The van der Waals surface area contributed by atoms with E-state index in [-0.39, 0.29) is 5.60 Å². The second-order valence-electron chi connectivity index (χ2n) is 5.80. The van der Waals surface area contributed by atoms with Gasteiger partial charge in [-0.2, -0.15) is 4.98 Å². The summed E-state index contributed by atoms with van der Waals surface area (Å²) < 4.78 is 5.64. The van der Waals surface area contributed by atoms with Gasteiger partial charge >= 0.3 is 0 Å². The van der Waals surface area contributed by atoms with Crippen LogP contribution < -0.4 is 10.2 Å². The van der Waals surface area contributed by atoms with Crippen LogP contribution in [0.2, 0.25) is 0 Å². The molecule has 19 heavy (non-hydrogen) atoms. The van der Waals surface area contributed by atoms with Crippen molar-refractivity contribution >= 4 is 5.95 Å². The van der Waals surface area contributed by atoms with Crippen molar-refractivity contribution in [1.82, 2.24) is 20.5 Å². The lowest BCUT2D eigenvalue weighted by molar-refractivity contribution is -0.0720. The second kappa shape index (κ2) is 5.09. The highest BCUT2D eigenvalue weighted by Crippen LogP contribution is 2.37. The second-order valence-corrected chi connectivity index (χ2v) is 5.80. The van der Waals surface area contributed by atoms with Crippen LogP contribution in [0.5, 0.6) is 0 Å². The number of rotatable bonds is 4. The van der Waals surface area contributed by atoms with Crippen LogP contribution in [-0.2, 0) is 11.2 Å². The molecule has 1 aliphatic heterocycles. The average Bonchev–Trinajstić information content (AvgIpc) is 2.82. The van der Waals surface area contributed by atoms with E-state index in [1.54, 1.807) is 7.11 Å². The van der Waals surface area contributed by atoms with Gasteiger partial charge in [0.25, 0.3) is 0 Å². The average molecular weight is 265 g/mol. The van der Waals surface area contributed by atoms with Crippen molar-refractivity contribution in [2.75, 3.05) is 31.6 Å². The minimum Gasteiger partial charge on any atom is -0.378 e. The van der Waals surface area contributed by atoms with Crippen molar-refractivity contribution in [2.45, 2.75) is 44.2 Å². The number of aromatic amines is 1. The molecule has 0 bridgehead atoms. The highest BCUT2D eigenvalue weighted by molar-refractivity contribution is 5.30. The molecule has 0 spiro atoms.